The first-order valence-electron chi connectivity index (χ1n) is 7.98. The molecule has 0 aromatic heterocycles. The van der Waals surface area contributed by atoms with Crippen molar-refractivity contribution in [2.45, 2.75) is 43.8 Å². The van der Waals surface area contributed by atoms with E-state index >= 15 is 0 Å². The van der Waals surface area contributed by atoms with Crippen molar-refractivity contribution in [1.29, 1.82) is 5.26 Å². The summed E-state index contributed by atoms with van der Waals surface area (Å²) in [5.74, 6) is 0.112. The van der Waals surface area contributed by atoms with Gasteiger partial charge in [0.2, 0.25) is 0 Å². The highest BCUT2D eigenvalue weighted by Crippen LogP contribution is 2.49. The zero-order valence-corrected chi connectivity index (χ0v) is 13.1. The van der Waals surface area contributed by atoms with Gasteiger partial charge in [0.1, 0.15) is 0 Å². The van der Waals surface area contributed by atoms with Gasteiger partial charge in [-0.25, -0.2) is 0 Å². The molecule has 0 amide bonds. The van der Waals surface area contributed by atoms with E-state index in [1.807, 2.05) is 17.0 Å². The number of likely N-dealkylation sites (N-methyl/N-ethyl adjacent to an activating group) is 1. The van der Waals surface area contributed by atoms with E-state index in [0.29, 0.717) is 30.5 Å². The number of aryl methyl sites for hydroxylation is 1. The largest absolute Gasteiger partial charge is 0.418 e. The van der Waals surface area contributed by atoms with Gasteiger partial charge in [-0.3, -0.25) is 0 Å². The third-order valence-corrected chi connectivity index (χ3v) is 4.95. The van der Waals surface area contributed by atoms with Crippen molar-refractivity contribution in [2.24, 2.45) is 0 Å². The van der Waals surface area contributed by atoms with Gasteiger partial charge in [-0.15, -0.1) is 0 Å². The van der Waals surface area contributed by atoms with Crippen molar-refractivity contribution < 1.29 is 13.2 Å². The lowest BCUT2D eigenvalue weighted by Gasteiger charge is -2.31. The Balaban J connectivity index is 2.05. The fourth-order valence-electron chi connectivity index (χ4n) is 3.92. The van der Waals surface area contributed by atoms with E-state index in [2.05, 4.69) is 5.32 Å². The molecule has 1 aromatic rings. The molecule has 2 aliphatic rings. The van der Waals surface area contributed by atoms with Crippen LogP contribution in [0.1, 0.15) is 41.9 Å². The molecule has 2 unspecified atom stereocenters. The normalized spacial score (nSPS) is 23.3. The summed E-state index contributed by atoms with van der Waals surface area (Å²) in [6.07, 6.45) is -2.03. The van der Waals surface area contributed by atoms with Crippen LogP contribution < -0.4 is 10.2 Å². The fourth-order valence-corrected chi connectivity index (χ4v) is 3.92. The predicted octanol–water partition coefficient (Wildman–Crippen LogP) is 3.45. The van der Waals surface area contributed by atoms with E-state index < -0.39 is 11.7 Å². The lowest BCUT2D eigenvalue weighted by molar-refractivity contribution is -0.137. The minimum absolute atomic E-state index is 0.112. The van der Waals surface area contributed by atoms with E-state index in [-0.39, 0.29) is 12.0 Å². The Morgan fingerprint density at radius 2 is 2.17 bits per heavy atom. The molecule has 0 spiro atoms. The number of benzene rings is 1. The number of nitrogens with zero attached hydrogens (tertiary/aromatic N) is 2. The average molecular weight is 323 g/mol. The summed E-state index contributed by atoms with van der Waals surface area (Å²) in [7, 11) is 1.78. The van der Waals surface area contributed by atoms with Crippen molar-refractivity contribution in [1.82, 2.24) is 5.32 Å². The lowest BCUT2D eigenvalue weighted by atomic mass is 9.88. The molecule has 124 valence electrons. The summed E-state index contributed by atoms with van der Waals surface area (Å²) in [5.41, 5.74) is 1.32. The minimum atomic E-state index is -4.36. The molecule has 1 aromatic carbocycles. The smallest absolute Gasteiger partial charge is 0.370 e. The molecular weight excluding hydrogens is 303 g/mol. The van der Waals surface area contributed by atoms with Crippen molar-refractivity contribution >= 4 is 5.69 Å². The molecule has 2 heterocycles. The molecule has 0 saturated carbocycles. The number of rotatable bonds is 3. The summed E-state index contributed by atoms with van der Waals surface area (Å²) in [4.78, 5) is 1.82. The van der Waals surface area contributed by atoms with Crippen LogP contribution in [0.2, 0.25) is 0 Å². The highest BCUT2D eigenvalue weighted by atomic mass is 19.4. The molecule has 0 aliphatic carbocycles. The van der Waals surface area contributed by atoms with Crippen LogP contribution in [0.3, 0.4) is 0 Å². The summed E-state index contributed by atoms with van der Waals surface area (Å²) in [6.45, 7) is 1.57. The molecule has 23 heavy (non-hydrogen) atoms. The number of alkyl halides is 3. The fraction of sp³-hybridized carbons (Fsp3) is 0.588. The average Bonchev–Trinajstić information content (AvgIpc) is 2.80. The van der Waals surface area contributed by atoms with Gasteiger partial charge in [0.25, 0.3) is 0 Å². The molecule has 3 rings (SSSR count). The molecule has 1 N–H and O–H groups in total. The van der Waals surface area contributed by atoms with Crippen LogP contribution in [0.5, 0.6) is 0 Å². The number of halogens is 3. The maximum Gasteiger partial charge on any atom is 0.418 e. The zero-order valence-electron chi connectivity index (χ0n) is 13.1. The molecule has 2 aliphatic heterocycles. The number of fused-ring (bicyclic) bond motifs is 3. The Kier molecular flexibility index (Phi) is 4.24. The molecule has 0 radical (unpaired) electrons. The van der Waals surface area contributed by atoms with Crippen LogP contribution in [0.15, 0.2) is 12.1 Å². The van der Waals surface area contributed by atoms with E-state index in [1.54, 1.807) is 7.05 Å². The molecule has 2 atom stereocenters. The standard InChI is InChI=1S/C17H20F3N3/c1-23-15-5-7-22-10-13(15)12-8-11(4-2-3-6-21)9-14(16(12)23)17(18,19)20/h8-9,13,15,22H,2-5,7,10H2,1H3. The number of piperidine rings is 1. The van der Waals surface area contributed by atoms with Gasteiger partial charge in [-0.05, 0) is 43.0 Å². The molecule has 6 heteroatoms. The van der Waals surface area contributed by atoms with Crippen molar-refractivity contribution in [3.8, 4) is 6.07 Å². The summed E-state index contributed by atoms with van der Waals surface area (Å²) >= 11 is 0. The molecule has 3 nitrogen and oxygen atoms in total. The molecular formula is C17H20F3N3. The van der Waals surface area contributed by atoms with Crippen LogP contribution >= 0.6 is 0 Å². The predicted molar refractivity (Wildman–Crippen MR) is 82.4 cm³/mol. The van der Waals surface area contributed by atoms with Gasteiger partial charge in [0.05, 0.1) is 17.3 Å². The Morgan fingerprint density at radius 1 is 1.39 bits per heavy atom. The molecule has 1 fully saturated rings. The second kappa shape index (κ2) is 6.04. The third-order valence-electron chi connectivity index (χ3n) is 4.95. The zero-order chi connectivity index (χ0) is 16.6. The van der Waals surface area contributed by atoms with Crippen LogP contribution in [0.25, 0.3) is 0 Å². The third kappa shape index (κ3) is 2.90. The van der Waals surface area contributed by atoms with E-state index in [1.165, 1.54) is 6.07 Å². The second-order valence-corrected chi connectivity index (χ2v) is 6.37. The van der Waals surface area contributed by atoms with Crippen molar-refractivity contribution in [3.63, 3.8) is 0 Å². The first-order chi connectivity index (χ1) is 10.9. The highest BCUT2D eigenvalue weighted by molar-refractivity contribution is 5.68. The Labute approximate surface area is 134 Å². The van der Waals surface area contributed by atoms with Gasteiger partial charge in [-0.2, -0.15) is 18.4 Å². The first-order valence-corrected chi connectivity index (χ1v) is 7.98. The van der Waals surface area contributed by atoms with Crippen LogP contribution in [0, 0.1) is 11.3 Å². The molecule has 0 bridgehead atoms. The monoisotopic (exact) mass is 323 g/mol. The van der Waals surface area contributed by atoms with E-state index in [9.17, 15) is 13.2 Å². The van der Waals surface area contributed by atoms with Crippen LogP contribution in [-0.4, -0.2) is 26.2 Å². The lowest BCUT2D eigenvalue weighted by Crippen LogP contribution is -2.42. The molecule has 1 saturated heterocycles. The number of nitrogens with one attached hydrogen (secondary N) is 1. The van der Waals surface area contributed by atoms with Gasteiger partial charge in [0, 0.05) is 32.0 Å². The number of nitriles is 1. The Hall–Kier alpha value is -1.74. The Morgan fingerprint density at radius 3 is 2.87 bits per heavy atom. The minimum Gasteiger partial charge on any atom is -0.370 e. The summed E-state index contributed by atoms with van der Waals surface area (Å²) < 4.78 is 40.7. The van der Waals surface area contributed by atoms with Crippen LogP contribution in [-0.2, 0) is 12.6 Å². The summed E-state index contributed by atoms with van der Waals surface area (Å²) in [5, 5.41) is 11.9. The van der Waals surface area contributed by atoms with Gasteiger partial charge in [-0.1, -0.05) is 6.07 Å². The number of hydrogen-bond acceptors (Lipinski definition) is 3. The van der Waals surface area contributed by atoms with Gasteiger partial charge in [0.15, 0.2) is 0 Å². The van der Waals surface area contributed by atoms with Crippen molar-refractivity contribution in [3.05, 3.63) is 28.8 Å². The van der Waals surface area contributed by atoms with Crippen LogP contribution in [0.4, 0.5) is 18.9 Å². The maximum absolute atomic E-state index is 13.6. The maximum atomic E-state index is 13.6. The summed E-state index contributed by atoms with van der Waals surface area (Å²) in [6, 6.07) is 5.39. The van der Waals surface area contributed by atoms with Gasteiger partial charge >= 0.3 is 6.18 Å². The highest BCUT2D eigenvalue weighted by Gasteiger charge is 2.44. The topological polar surface area (TPSA) is 39.1 Å². The second-order valence-electron chi connectivity index (χ2n) is 6.37. The SMILES string of the molecule is CN1c2c(cc(CCCC#N)cc2C(F)(F)F)C2CNCCC21. The quantitative estimate of drug-likeness (QED) is 0.866. The van der Waals surface area contributed by atoms with E-state index in [0.717, 1.165) is 25.1 Å². The number of unbranched alkanes of at least 4 members (excludes halogenated alkanes) is 1. The van der Waals surface area contributed by atoms with E-state index in [4.69, 9.17) is 5.26 Å². The van der Waals surface area contributed by atoms with Gasteiger partial charge < -0.3 is 10.2 Å². The number of hydrogen-bond donors (Lipinski definition) is 1. The number of anilines is 1. The first kappa shape index (κ1) is 16.1. The Bertz CT molecular complexity index is 633. The van der Waals surface area contributed by atoms with Crippen molar-refractivity contribution in [2.75, 3.05) is 25.0 Å².